The van der Waals surface area contributed by atoms with Crippen LogP contribution in [0.4, 0.5) is 23.2 Å². The highest BCUT2D eigenvalue weighted by atomic mass is 32.2. The molecule has 9 nitrogen and oxygen atoms in total. The van der Waals surface area contributed by atoms with Gasteiger partial charge in [0.2, 0.25) is 5.91 Å². The van der Waals surface area contributed by atoms with E-state index >= 15 is 0 Å². The molecule has 1 aromatic heterocycles. The molecular weight excluding hydrogens is 556 g/mol. The molecule has 0 bridgehead atoms. The first-order valence-electron chi connectivity index (χ1n) is 12.1. The molecule has 2 aromatic carbocycles. The van der Waals surface area contributed by atoms with Gasteiger partial charge in [0.05, 0.1) is 12.1 Å². The van der Waals surface area contributed by atoms with Crippen molar-refractivity contribution in [2.24, 2.45) is 0 Å². The molecule has 3 aromatic rings. The van der Waals surface area contributed by atoms with Gasteiger partial charge in [0.25, 0.3) is 5.91 Å². The van der Waals surface area contributed by atoms with Crippen LogP contribution < -0.4 is 15.4 Å². The number of hydrogen-bond donors (Lipinski definition) is 2. The highest BCUT2D eigenvalue weighted by molar-refractivity contribution is 7.91. The van der Waals surface area contributed by atoms with Gasteiger partial charge in [-0.15, -0.1) is 0 Å². The van der Waals surface area contributed by atoms with Gasteiger partial charge in [0.15, 0.2) is 22.1 Å². The average molecular weight is 583 g/mol. The molecule has 0 spiro atoms. The van der Waals surface area contributed by atoms with Crippen molar-refractivity contribution in [3.8, 4) is 17.0 Å². The van der Waals surface area contributed by atoms with Gasteiger partial charge in [0, 0.05) is 11.8 Å². The molecule has 0 aliphatic carbocycles. The number of aromatic nitrogens is 2. The molecule has 40 heavy (non-hydrogen) atoms. The Balaban J connectivity index is 1.75. The lowest BCUT2D eigenvalue weighted by Crippen LogP contribution is -2.52. The third kappa shape index (κ3) is 6.43. The Morgan fingerprint density at radius 3 is 2.48 bits per heavy atom. The second-order valence-electron chi connectivity index (χ2n) is 9.72. The summed E-state index contributed by atoms with van der Waals surface area (Å²) >= 11 is 0. The number of fused-ring (bicyclic) bond motifs is 1. The summed E-state index contributed by atoms with van der Waals surface area (Å²) < 4.78 is 81.0. The number of ether oxygens (including phenoxy) is 1. The molecule has 2 heterocycles. The molecule has 0 saturated heterocycles. The lowest BCUT2D eigenvalue weighted by molar-refractivity contribution is -0.153. The van der Waals surface area contributed by atoms with Crippen LogP contribution in [0.15, 0.2) is 42.5 Å². The monoisotopic (exact) mass is 582 g/mol. The van der Waals surface area contributed by atoms with Crippen molar-refractivity contribution in [3.05, 3.63) is 65.1 Å². The van der Waals surface area contributed by atoms with Crippen LogP contribution in [-0.4, -0.2) is 54.8 Å². The van der Waals surface area contributed by atoms with E-state index in [2.05, 4.69) is 15.7 Å². The predicted octanol–water partition coefficient (Wildman–Crippen LogP) is 3.83. The van der Waals surface area contributed by atoms with E-state index in [1.807, 2.05) is 6.92 Å². The number of anilines is 1. The summed E-state index contributed by atoms with van der Waals surface area (Å²) in [6.07, 6.45) is -3.19. The van der Waals surface area contributed by atoms with E-state index in [1.165, 1.54) is 41.1 Å². The fourth-order valence-electron chi connectivity index (χ4n) is 4.61. The molecule has 1 aliphatic heterocycles. The van der Waals surface area contributed by atoms with Crippen molar-refractivity contribution in [2.75, 3.05) is 23.9 Å². The summed E-state index contributed by atoms with van der Waals surface area (Å²) in [5.41, 5.74) is 0.607. The Morgan fingerprint density at radius 2 is 1.88 bits per heavy atom. The Labute approximate surface area is 227 Å². The van der Waals surface area contributed by atoms with Crippen LogP contribution in [0.1, 0.15) is 35.5 Å². The maximum atomic E-state index is 13.6. The topological polar surface area (TPSA) is 119 Å². The Morgan fingerprint density at radius 1 is 1.20 bits per heavy atom. The minimum absolute atomic E-state index is 0.0258. The fourth-order valence-corrected chi connectivity index (χ4v) is 5.15. The van der Waals surface area contributed by atoms with Crippen molar-refractivity contribution in [1.29, 1.82) is 0 Å². The summed E-state index contributed by atoms with van der Waals surface area (Å²) in [5, 5.41) is 9.90. The van der Waals surface area contributed by atoms with Crippen LogP contribution >= 0.6 is 0 Å². The number of carbonyl (C=O) groups excluding carboxylic acids is 2. The number of sulfone groups is 1. The van der Waals surface area contributed by atoms with Crippen molar-refractivity contribution in [3.63, 3.8) is 0 Å². The molecule has 1 atom stereocenters. The molecular formula is C26H26F4N4O5S. The fraction of sp³-hybridized carbons (Fsp3) is 0.346. The second-order valence-corrected chi connectivity index (χ2v) is 11.9. The van der Waals surface area contributed by atoms with Gasteiger partial charge in [-0.1, -0.05) is 13.0 Å². The summed E-state index contributed by atoms with van der Waals surface area (Å²) in [6, 6.07) is 9.61. The van der Waals surface area contributed by atoms with Gasteiger partial charge in [-0.05, 0) is 60.9 Å². The maximum Gasteiger partial charge on any atom is 0.422 e. The van der Waals surface area contributed by atoms with Crippen molar-refractivity contribution >= 4 is 27.3 Å². The van der Waals surface area contributed by atoms with Crippen LogP contribution in [0.2, 0.25) is 0 Å². The summed E-state index contributed by atoms with van der Waals surface area (Å²) in [6.45, 7) is 2.14. The highest BCUT2D eigenvalue weighted by Gasteiger charge is 2.41. The first-order valence-corrected chi connectivity index (χ1v) is 14.1. The van der Waals surface area contributed by atoms with E-state index in [1.54, 1.807) is 13.0 Å². The number of nitrogens with zero attached hydrogens (tertiary/aromatic N) is 2. The standard InChI is InChI=1S/C26H26F4N4O5S/c1-4-15-11-18(39-14-26(28,29)30)9-10-19(15)25(2)13-34-23(24(36)32-25)22(31-20(35)12-40(3,37)38)21(33-34)16-5-7-17(27)8-6-16/h5-11H,4,12-14H2,1-3H3,(H,31,35)(H,32,36)/t25-/m1/s1. The molecule has 14 heteroatoms. The second kappa shape index (κ2) is 10.6. The van der Waals surface area contributed by atoms with Crippen molar-refractivity contribution in [1.82, 2.24) is 15.1 Å². The van der Waals surface area contributed by atoms with Gasteiger partial charge in [-0.25, -0.2) is 12.8 Å². The number of nitrogens with one attached hydrogen (secondary N) is 2. The lowest BCUT2D eigenvalue weighted by Gasteiger charge is -2.37. The molecule has 2 N–H and O–H groups in total. The summed E-state index contributed by atoms with van der Waals surface area (Å²) in [5.74, 6) is -2.84. The minimum Gasteiger partial charge on any atom is -0.484 e. The zero-order chi connectivity index (χ0) is 29.5. The third-order valence-corrected chi connectivity index (χ3v) is 7.04. The number of aryl methyl sites for hydroxylation is 1. The molecule has 1 aliphatic rings. The van der Waals surface area contributed by atoms with Crippen LogP contribution in [0.5, 0.6) is 5.75 Å². The van der Waals surface area contributed by atoms with E-state index in [0.29, 0.717) is 23.1 Å². The molecule has 0 fully saturated rings. The normalized spacial score (nSPS) is 17.2. The molecule has 0 saturated carbocycles. The highest BCUT2D eigenvalue weighted by Crippen LogP contribution is 2.38. The summed E-state index contributed by atoms with van der Waals surface area (Å²) in [7, 11) is -3.68. The minimum atomic E-state index is -4.50. The number of carbonyl (C=O) groups is 2. The molecule has 0 radical (unpaired) electrons. The average Bonchev–Trinajstić information content (AvgIpc) is 3.19. The zero-order valence-corrected chi connectivity index (χ0v) is 22.5. The SMILES string of the molecule is CCc1cc(OCC(F)(F)F)ccc1[C@@]1(C)Cn2nc(-c3ccc(F)cc3)c(NC(=O)CS(C)(=O)=O)c2C(=O)N1. The van der Waals surface area contributed by atoms with Crippen LogP contribution in [0.3, 0.4) is 0 Å². The number of hydrogen-bond acceptors (Lipinski definition) is 6. The number of alkyl halides is 3. The molecule has 2 amide bonds. The van der Waals surface area contributed by atoms with Crippen LogP contribution in [-0.2, 0) is 33.1 Å². The summed E-state index contributed by atoms with van der Waals surface area (Å²) in [4.78, 5) is 26.0. The van der Waals surface area contributed by atoms with E-state index in [-0.39, 0.29) is 29.4 Å². The van der Waals surface area contributed by atoms with Gasteiger partial charge in [-0.3, -0.25) is 14.3 Å². The smallest absolute Gasteiger partial charge is 0.422 e. The first kappa shape index (κ1) is 29.1. The first-order chi connectivity index (χ1) is 18.6. The van der Waals surface area contributed by atoms with Gasteiger partial charge >= 0.3 is 6.18 Å². The van der Waals surface area contributed by atoms with E-state index in [0.717, 1.165) is 6.26 Å². The van der Waals surface area contributed by atoms with Gasteiger partial charge in [0.1, 0.15) is 28.7 Å². The number of halogens is 4. The Kier molecular flexibility index (Phi) is 7.67. The van der Waals surface area contributed by atoms with Gasteiger partial charge in [-0.2, -0.15) is 18.3 Å². The predicted molar refractivity (Wildman–Crippen MR) is 138 cm³/mol. The lowest BCUT2D eigenvalue weighted by atomic mass is 9.85. The van der Waals surface area contributed by atoms with Crippen LogP contribution in [0, 0.1) is 5.82 Å². The van der Waals surface area contributed by atoms with Crippen LogP contribution in [0.25, 0.3) is 11.3 Å². The van der Waals surface area contributed by atoms with Crippen molar-refractivity contribution in [2.45, 2.75) is 38.5 Å². The zero-order valence-electron chi connectivity index (χ0n) is 21.7. The largest absolute Gasteiger partial charge is 0.484 e. The maximum absolute atomic E-state index is 13.6. The van der Waals surface area contributed by atoms with Gasteiger partial charge < -0.3 is 15.4 Å². The number of rotatable bonds is 8. The Hall–Kier alpha value is -3.94. The van der Waals surface area contributed by atoms with E-state index < -0.39 is 51.5 Å². The van der Waals surface area contributed by atoms with Crippen molar-refractivity contribution < 1.29 is 40.3 Å². The molecule has 4 rings (SSSR count). The molecule has 0 unspecified atom stereocenters. The Bertz CT molecular complexity index is 1570. The number of benzene rings is 2. The molecule has 214 valence electrons. The van der Waals surface area contributed by atoms with E-state index in [9.17, 15) is 35.6 Å². The quantitative estimate of drug-likeness (QED) is 0.390. The van der Waals surface area contributed by atoms with E-state index in [4.69, 9.17) is 4.74 Å². The third-order valence-electron chi connectivity index (χ3n) is 6.25. The number of amides is 2.